The molecule has 2 rings (SSSR count). The molecule has 0 heterocycles. The Kier molecular flexibility index (Phi) is 6.02. The van der Waals surface area contributed by atoms with Gasteiger partial charge in [0.2, 0.25) is 0 Å². The Morgan fingerprint density at radius 2 is 2.04 bits per heavy atom. The van der Waals surface area contributed by atoms with Crippen molar-refractivity contribution in [1.82, 2.24) is 0 Å². The highest BCUT2D eigenvalue weighted by molar-refractivity contribution is 9.10. The van der Waals surface area contributed by atoms with E-state index in [2.05, 4.69) is 15.9 Å². The van der Waals surface area contributed by atoms with Crippen LogP contribution in [0.2, 0.25) is 5.02 Å². The number of carbonyl (C=O) groups excluding carboxylic acids is 1. The van der Waals surface area contributed by atoms with E-state index in [0.717, 1.165) is 0 Å². The SMILES string of the molecule is CCC(=O)Oc1cccc(Br)c1COc1cc(Cl)c(C)cc1F. The summed E-state index contributed by atoms with van der Waals surface area (Å²) in [5, 5.41) is 0.422. The first-order valence-electron chi connectivity index (χ1n) is 6.99. The van der Waals surface area contributed by atoms with Crippen LogP contribution in [0.1, 0.15) is 24.5 Å². The number of esters is 1. The highest BCUT2D eigenvalue weighted by Crippen LogP contribution is 2.31. The lowest BCUT2D eigenvalue weighted by Crippen LogP contribution is -2.09. The van der Waals surface area contributed by atoms with Gasteiger partial charge in [0.25, 0.3) is 0 Å². The topological polar surface area (TPSA) is 35.5 Å². The van der Waals surface area contributed by atoms with Crippen LogP contribution in [0.4, 0.5) is 4.39 Å². The molecule has 0 N–H and O–H groups in total. The van der Waals surface area contributed by atoms with Crippen LogP contribution in [0.15, 0.2) is 34.8 Å². The quantitative estimate of drug-likeness (QED) is 0.494. The summed E-state index contributed by atoms with van der Waals surface area (Å²) < 4.78 is 25.4. The van der Waals surface area contributed by atoms with E-state index in [-0.39, 0.29) is 24.7 Å². The predicted molar refractivity (Wildman–Crippen MR) is 90.5 cm³/mol. The Labute approximate surface area is 147 Å². The van der Waals surface area contributed by atoms with Crippen LogP contribution in [0.3, 0.4) is 0 Å². The molecule has 0 saturated carbocycles. The van der Waals surface area contributed by atoms with Crippen LogP contribution in [-0.2, 0) is 11.4 Å². The van der Waals surface area contributed by atoms with Gasteiger partial charge >= 0.3 is 5.97 Å². The average molecular weight is 402 g/mol. The number of benzene rings is 2. The molecule has 122 valence electrons. The molecule has 23 heavy (non-hydrogen) atoms. The van der Waals surface area contributed by atoms with Gasteiger partial charge in [0.1, 0.15) is 12.4 Å². The maximum atomic E-state index is 13.9. The predicted octanol–water partition coefficient (Wildman–Crippen LogP) is 5.44. The monoisotopic (exact) mass is 400 g/mol. The lowest BCUT2D eigenvalue weighted by molar-refractivity contribution is -0.134. The van der Waals surface area contributed by atoms with Gasteiger partial charge < -0.3 is 9.47 Å². The fourth-order valence-corrected chi connectivity index (χ4v) is 2.47. The molecule has 0 bridgehead atoms. The van der Waals surface area contributed by atoms with Crippen LogP contribution in [0, 0.1) is 12.7 Å². The Bertz CT molecular complexity index is 734. The first-order valence-corrected chi connectivity index (χ1v) is 8.16. The lowest BCUT2D eigenvalue weighted by atomic mass is 10.2. The number of rotatable bonds is 5. The number of carbonyl (C=O) groups is 1. The third-order valence-corrected chi connectivity index (χ3v) is 4.32. The number of ether oxygens (including phenoxy) is 2. The van der Waals surface area contributed by atoms with Gasteiger partial charge in [-0.25, -0.2) is 4.39 Å². The first-order chi connectivity index (χ1) is 10.9. The van der Waals surface area contributed by atoms with Gasteiger partial charge in [-0.05, 0) is 30.7 Å². The maximum absolute atomic E-state index is 13.9. The van der Waals surface area contributed by atoms with Crippen LogP contribution in [-0.4, -0.2) is 5.97 Å². The Morgan fingerprint density at radius 1 is 1.30 bits per heavy atom. The standard InChI is InChI=1S/C17H15BrClFO3/c1-3-17(21)23-15-6-4-5-12(18)11(15)9-22-16-8-13(19)10(2)7-14(16)20/h4-8H,3,9H2,1-2H3. The largest absolute Gasteiger partial charge is 0.486 e. The fraction of sp³-hybridized carbons (Fsp3) is 0.235. The summed E-state index contributed by atoms with van der Waals surface area (Å²) in [5.41, 5.74) is 1.25. The van der Waals surface area contributed by atoms with Gasteiger partial charge in [0, 0.05) is 27.5 Å². The van der Waals surface area contributed by atoms with Crippen LogP contribution < -0.4 is 9.47 Å². The Morgan fingerprint density at radius 3 is 2.74 bits per heavy atom. The third kappa shape index (κ3) is 4.45. The van der Waals surface area contributed by atoms with Crippen molar-refractivity contribution in [2.24, 2.45) is 0 Å². The van der Waals surface area contributed by atoms with Crippen LogP contribution in [0.5, 0.6) is 11.5 Å². The highest BCUT2D eigenvalue weighted by atomic mass is 79.9. The van der Waals surface area contributed by atoms with Crippen molar-refractivity contribution in [3.63, 3.8) is 0 Å². The number of aryl methyl sites for hydroxylation is 1. The second kappa shape index (κ2) is 7.79. The minimum atomic E-state index is -0.494. The van der Waals surface area contributed by atoms with Crippen molar-refractivity contribution in [2.45, 2.75) is 26.9 Å². The molecule has 0 aliphatic carbocycles. The van der Waals surface area contributed by atoms with E-state index in [4.69, 9.17) is 21.1 Å². The molecule has 2 aromatic rings. The molecule has 0 radical (unpaired) electrons. The normalized spacial score (nSPS) is 10.5. The minimum absolute atomic E-state index is 0.0318. The molecule has 0 amide bonds. The fourth-order valence-electron chi connectivity index (χ4n) is 1.86. The molecule has 0 aliphatic heterocycles. The van der Waals surface area contributed by atoms with Gasteiger partial charge in [-0.15, -0.1) is 0 Å². The second-order valence-electron chi connectivity index (χ2n) is 4.86. The highest BCUT2D eigenvalue weighted by Gasteiger charge is 2.14. The molecule has 0 aliphatic rings. The number of hydrogen-bond donors (Lipinski definition) is 0. The summed E-state index contributed by atoms with van der Waals surface area (Å²) in [4.78, 5) is 11.5. The van der Waals surface area contributed by atoms with Crippen LogP contribution in [0.25, 0.3) is 0 Å². The Balaban J connectivity index is 2.23. The number of hydrogen-bond acceptors (Lipinski definition) is 3. The molecule has 0 fully saturated rings. The lowest BCUT2D eigenvalue weighted by Gasteiger charge is -2.13. The third-order valence-electron chi connectivity index (χ3n) is 3.17. The van der Waals surface area contributed by atoms with E-state index in [0.29, 0.717) is 26.4 Å². The second-order valence-corrected chi connectivity index (χ2v) is 6.13. The smallest absolute Gasteiger partial charge is 0.310 e. The van der Waals surface area contributed by atoms with Gasteiger partial charge in [-0.3, -0.25) is 4.79 Å². The van der Waals surface area contributed by atoms with E-state index in [1.807, 2.05) is 0 Å². The summed E-state index contributed by atoms with van der Waals surface area (Å²) in [5.74, 6) is -0.422. The maximum Gasteiger partial charge on any atom is 0.310 e. The van der Waals surface area contributed by atoms with Gasteiger partial charge in [0.05, 0.1) is 0 Å². The summed E-state index contributed by atoms with van der Waals surface area (Å²) in [6.45, 7) is 3.45. The molecule has 0 aromatic heterocycles. The zero-order valence-electron chi connectivity index (χ0n) is 12.7. The zero-order valence-corrected chi connectivity index (χ0v) is 15.0. The Hall–Kier alpha value is -1.59. The van der Waals surface area contributed by atoms with E-state index < -0.39 is 5.82 Å². The van der Waals surface area contributed by atoms with Crippen molar-refractivity contribution < 1.29 is 18.7 Å². The van der Waals surface area contributed by atoms with E-state index in [1.54, 1.807) is 32.0 Å². The van der Waals surface area contributed by atoms with Crippen molar-refractivity contribution in [2.75, 3.05) is 0 Å². The molecule has 0 atom stereocenters. The molecular weight excluding hydrogens is 387 g/mol. The van der Waals surface area contributed by atoms with Crippen molar-refractivity contribution in [1.29, 1.82) is 0 Å². The van der Waals surface area contributed by atoms with Crippen molar-refractivity contribution in [3.05, 3.63) is 56.8 Å². The summed E-state index contributed by atoms with van der Waals surface area (Å²) in [6.07, 6.45) is 0.259. The molecule has 0 unspecified atom stereocenters. The molecule has 2 aromatic carbocycles. The summed E-state index contributed by atoms with van der Waals surface area (Å²) in [6, 6.07) is 7.95. The molecular formula is C17H15BrClFO3. The summed E-state index contributed by atoms with van der Waals surface area (Å²) >= 11 is 9.38. The van der Waals surface area contributed by atoms with E-state index in [9.17, 15) is 9.18 Å². The first kappa shape index (κ1) is 17.8. The van der Waals surface area contributed by atoms with Crippen molar-refractivity contribution in [3.8, 4) is 11.5 Å². The van der Waals surface area contributed by atoms with Gasteiger partial charge in [0.15, 0.2) is 11.6 Å². The van der Waals surface area contributed by atoms with Gasteiger partial charge in [-0.1, -0.05) is 40.5 Å². The molecule has 6 heteroatoms. The summed E-state index contributed by atoms with van der Waals surface area (Å²) in [7, 11) is 0. The van der Waals surface area contributed by atoms with Gasteiger partial charge in [-0.2, -0.15) is 0 Å². The minimum Gasteiger partial charge on any atom is -0.486 e. The molecule has 3 nitrogen and oxygen atoms in total. The zero-order chi connectivity index (χ0) is 17.0. The van der Waals surface area contributed by atoms with Crippen molar-refractivity contribution >= 4 is 33.5 Å². The molecule has 0 spiro atoms. The van der Waals surface area contributed by atoms with Crippen LogP contribution >= 0.6 is 27.5 Å². The number of halogens is 3. The van der Waals surface area contributed by atoms with E-state index >= 15 is 0 Å². The molecule has 0 saturated heterocycles. The average Bonchev–Trinajstić information content (AvgIpc) is 2.51. The van der Waals surface area contributed by atoms with E-state index in [1.165, 1.54) is 12.1 Å².